The van der Waals surface area contributed by atoms with Crippen LogP contribution >= 0.6 is 0 Å². The normalized spacial score (nSPS) is 10.5. The molecule has 0 radical (unpaired) electrons. The average Bonchev–Trinajstić information content (AvgIpc) is 2.64. The van der Waals surface area contributed by atoms with Crippen molar-refractivity contribution < 1.29 is 9.53 Å². The lowest BCUT2D eigenvalue weighted by molar-refractivity contribution is -0.135. The monoisotopic (exact) mass is 316 g/mol. The standard InChI is InChI=1S/C20H16N2O2/c1-16(19(15-21)20(23)24-2)13-14-22(17-9-5-3-6-10-17)18-11-7-4-8-12-18/h3-12H,1-2H3/b19-16+. The highest BCUT2D eigenvalue weighted by Crippen LogP contribution is 2.23. The fourth-order valence-corrected chi connectivity index (χ4v) is 2.02. The number of ether oxygens (including phenoxy) is 1. The first-order valence-corrected chi connectivity index (χ1v) is 7.28. The fraction of sp³-hybridized carbons (Fsp3) is 0.100. The summed E-state index contributed by atoms with van der Waals surface area (Å²) in [5, 5.41) is 9.11. The summed E-state index contributed by atoms with van der Waals surface area (Å²) in [6, 6.07) is 24.1. The molecular weight excluding hydrogens is 300 g/mol. The average molecular weight is 316 g/mol. The van der Waals surface area contributed by atoms with Crippen LogP contribution in [0.1, 0.15) is 6.92 Å². The molecule has 0 spiro atoms. The first kappa shape index (κ1) is 16.9. The molecular formula is C20H16N2O2. The van der Waals surface area contributed by atoms with Gasteiger partial charge in [0, 0.05) is 11.6 Å². The lowest BCUT2D eigenvalue weighted by Gasteiger charge is -2.17. The van der Waals surface area contributed by atoms with Gasteiger partial charge in [-0.2, -0.15) is 5.26 Å². The Kier molecular flexibility index (Phi) is 5.77. The number of rotatable bonds is 3. The summed E-state index contributed by atoms with van der Waals surface area (Å²) in [7, 11) is 1.24. The fourth-order valence-electron chi connectivity index (χ4n) is 2.02. The zero-order valence-electron chi connectivity index (χ0n) is 13.5. The molecule has 4 heteroatoms. The molecule has 0 heterocycles. The highest BCUT2D eigenvalue weighted by atomic mass is 16.5. The van der Waals surface area contributed by atoms with Gasteiger partial charge in [-0.05, 0) is 37.1 Å². The largest absolute Gasteiger partial charge is 0.465 e. The van der Waals surface area contributed by atoms with Gasteiger partial charge in [0.25, 0.3) is 0 Å². The van der Waals surface area contributed by atoms with Crippen LogP contribution in [0.4, 0.5) is 11.4 Å². The quantitative estimate of drug-likeness (QED) is 0.284. The highest BCUT2D eigenvalue weighted by Gasteiger charge is 2.12. The molecule has 0 unspecified atom stereocenters. The minimum atomic E-state index is -0.685. The molecule has 2 aromatic carbocycles. The first-order valence-electron chi connectivity index (χ1n) is 7.28. The number of esters is 1. The van der Waals surface area contributed by atoms with E-state index in [4.69, 9.17) is 5.26 Å². The maximum Gasteiger partial charge on any atom is 0.349 e. The number of nitrogens with zero attached hydrogens (tertiary/aromatic N) is 2. The van der Waals surface area contributed by atoms with Crippen molar-refractivity contribution in [1.29, 1.82) is 5.26 Å². The lowest BCUT2D eigenvalue weighted by Crippen LogP contribution is -2.09. The van der Waals surface area contributed by atoms with Gasteiger partial charge in [-0.3, -0.25) is 4.90 Å². The second-order valence-electron chi connectivity index (χ2n) is 4.85. The summed E-state index contributed by atoms with van der Waals surface area (Å²) in [5.74, 6) is 2.19. The van der Waals surface area contributed by atoms with Crippen LogP contribution in [0.5, 0.6) is 0 Å². The maximum absolute atomic E-state index is 11.6. The summed E-state index contributed by atoms with van der Waals surface area (Å²) >= 11 is 0. The topological polar surface area (TPSA) is 53.3 Å². The molecule has 0 aliphatic heterocycles. The number of hydrogen-bond donors (Lipinski definition) is 0. The van der Waals surface area contributed by atoms with Crippen molar-refractivity contribution >= 4 is 17.3 Å². The predicted octanol–water partition coefficient (Wildman–Crippen LogP) is 3.80. The molecule has 0 aliphatic rings. The number of anilines is 2. The second-order valence-corrected chi connectivity index (χ2v) is 4.85. The van der Waals surface area contributed by atoms with Gasteiger partial charge in [0.2, 0.25) is 0 Å². The third kappa shape index (κ3) is 4.03. The van der Waals surface area contributed by atoms with Gasteiger partial charge in [0.05, 0.1) is 18.5 Å². The van der Waals surface area contributed by atoms with Gasteiger partial charge in [-0.1, -0.05) is 36.4 Å². The van der Waals surface area contributed by atoms with Crippen LogP contribution < -0.4 is 4.90 Å². The summed E-state index contributed by atoms with van der Waals surface area (Å²) in [6.45, 7) is 1.62. The Morgan fingerprint density at radius 1 is 1.00 bits per heavy atom. The Balaban J connectivity index is 2.47. The van der Waals surface area contributed by atoms with Crippen LogP contribution in [0.3, 0.4) is 0 Å². The zero-order valence-corrected chi connectivity index (χ0v) is 13.5. The Bertz CT molecular complexity index is 798. The van der Waals surface area contributed by atoms with E-state index in [2.05, 4.69) is 16.7 Å². The number of para-hydroxylation sites is 2. The van der Waals surface area contributed by atoms with Gasteiger partial charge in [-0.25, -0.2) is 4.79 Å². The van der Waals surface area contributed by atoms with E-state index >= 15 is 0 Å². The summed E-state index contributed by atoms with van der Waals surface area (Å²) < 4.78 is 4.60. The van der Waals surface area contributed by atoms with Crippen LogP contribution in [0.25, 0.3) is 0 Å². The van der Waals surface area contributed by atoms with Gasteiger partial charge in [0.15, 0.2) is 0 Å². The summed E-state index contributed by atoms with van der Waals surface area (Å²) in [6.07, 6.45) is 0. The molecule has 2 aromatic rings. The van der Waals surface area contributed by atoms with E-state index in [1.807, 2.05) is 66.7 Å². The van der Waals surface area contributed by atoms with E-state index in [1.54, 1.807) is 11.8 Å². The predicted molar refractivity (Wildman–Crippen MR) is 93.1 cm³/mol. The highest BCUT2D eigenvalue weighted by molar-refractivity contribution is 5.94. The molecule has 0 saturated heterocycles. The van der Waals surface area contributed by atoms with Crippen molar-refractivity contribution in [3.8, 4) is 18.0 Å². The molecule has 0 aliphatic carbocycles. The smallest absolute Gasteiger partial charge is 0.349 e. The Morgan fingerprint density at radius 3 is 1.92 bits per heavy atom. The Hall–Kier alpha value is -3.50. The maximum atomic E-state index is 11.6. The number of nitriles is 1. The molecule has 0 fully saturated rings. The second kappa shape index (κ2) is 8.22. The van der Waals surface area contributed by atoms with Crippen molar-refractivity contribution in [2.24, 2.45) is 0 Å². The van der Waals surface area contributed by atoms with Crippen LogP contribution in [0.15, 0.2) is 71.8 Å². The molecule has 2 rings (SSSR count). The number of carbonyl (C=O) groups is 1. The van der Waals surface area contributed by atoms with E-state index in [0.717, 1.165) is 11.4 Å². The minimum absolute atomic E-state index is 0.0916. The molecule has 0 N–H and O–H groups in total. The Morgan fingerprint density at radius 2 is 1.50 bits per heavy atom. The summed E-state index contributed by atoms with van der Waals surface area (Å²) in [5.41, 5.74) is 2.05. The van der Waals surface area contributed by atoms with E-state index in [1.165, 1.54) is 7.11 Å². The van der Waals surface area contributed by atoms with Crippen molar-refractivity contribution in [3.05, 3.63) is 71.8 Å². The van der Waals surface area contributed by atoms with E-state index in [-0.39, 0.29) is 5.57 Å². The van der Waals surface area contributed by atoms with Gasteiger partial charge in [0.1, 0.15) is 11.6 Å². The third-order valence-electron chi connectivity index (χ3n) is 3.26. The van der Waals surface area contributed by atoms with Gasteiger partial charge in [-0.15, -0.1) is 0 Å². The lowest BCUT2D eigenvalue weighted by atomic mass is 10.1. The molecule has 118 valence electrons. The van der Waals surface area contributed by atoms with Crippen molar-refractivity contribution in [2.45, 2.75) is 6.92 Å². The Labute approximate surface area is 141 Å². The summed E-state index contributed by atoms with van der Waals surface area (Å²) in [4.78, 5) is 13.4. The molecule has 24 heavy (non-hydrogen) atoms. The number of methoxy groups -OCH3 is 1. The molecule has 0 saturated carbocycles. The van der Waals surface area contributed by atoms with Crippen LogP contribution in [0, 0.1) is 23.3 Å². The van der Waals surface area contributed by atoms with E-state index < -0.39 is 5.97 Å². The number of hydrogen-bond acceptors (Lipinski definition) is 4. The zero-order chi connectivity index (χ0) is 17.4. The number of allylic oxidation sites excluding steroid dienone is 1. The van der Waals surface area contributed by atoms with Crippen LogP contribution in [-0.2, 0) is 9.53 Å². The van der Waals surface area contributed by atoms with Crippen molar-refractivity contribution in [3.63, 3.8) is 0 Å². The SMILES string of the molecule is COC(=O)/C(C#N)=C(\C)C#CN(c1ccccc1)c1ccccc1. The van der Waals surface area contributed by atoms with Crippen LogP contribution in [-0.4, -0.2) is 13.1 Å². The molecule has 0 amide bonds. The minimum Gasteiger partial charge on any atom is -0.465 e. The van der Waals surface area contributed by atoms with Crippen molar-refractivity contribution in [1.82, 2.24) is 0 Å². The molecule has 0 aromatic heterocycles. The van der Waals surface area contributed by atoms with Crippen LogP contribution in [0.2, 0.25) is 0 Å². The number of benzene rings is 2. The first-order chi connectivity index (χ1) is 11.7. The molecule has 0 atom stereocenters. The third-order valence-corrected chi connectivity index (χ3v) is 3.26. The van der Waals surface area contributed by atoms with Gasteiger partial charge >= 0.3 is 5.97 Å². The van der Waals surface area contributed by atoms with E-state index in [9.17, 15) is 4.79 Å². The molecule has 4 nitrogen and oxygen atoms in total. The number of carbonyl (C=O) groups excluding carboxylic acids is 1. The van der Waals surface area contributed by atoms with Crippen molar-refractivity contribution in [2.75, 3.05) is 12.0 Å². The molecule has 0 bridgehead atoms. The van der Waals surface area contributed by atoms with E-state index in [0.29, 0.717) is 5.57 Å². The van der Waals surface area contributed by atoms with Gasteiger partial charge < -0.3 is 4.74 Å².